The molecule has 0 aliphatic carbocycles. The van der Waals surface area contributed by atoms with Gasteiger partial charge in [-0.15, -0.1) is 24.0 Å². The summed E-state index contributed by atoms with van der Waals surface area (Å²) in [5.74, 6) is 1.72. The van der Waals surface area contributed by atoms with Gasteiger partial charge in [0.15, 0.2) is 5.96 Å². The van der Waals surface area contributed by atoms with Crippen LogP contribution in [0.15, 0.2) is 53.5 Å². The molecule has 26 heavy (non-hydrogen) atoms. The molecular formula is C20H28IN3O2. The van der Waals surface area contributed by atoms with Crippen molar-refractivity contribution in [3.05, 3.63) is 65.2 Å². The van der Waals surface area contributed by atoms with E-state index in [1.807, 2.05) is 19.2 Å². The Hall–Kier alpha value is -1.80. The molecule has 0 spiro atoms. The van der Waals surface area contributed by atoms with Crippen molar-refractivity contribution in [3.63, 3.8) is 0 Å². The number of aliphatic imine (C=N–C) groups is 1. The number of hydrogen-bond donors (Lipinski definition) is 1. The standard InChI is InChI=1S/C20H27N3O2.HI/c1-21-20(22-13-17-6-5-7-18(12-17)15-24-3)23(2)14-16-8-10-19(25-4)11-9-16;/h5-12H,13-15H2,1-4H3,(H,21,22);1H. The lowest BCUT2D eigenvalue weighted by atomic mass is 10.1. The van der Waals surface area contributed by atoms with Crippen molar-refractivity contribution in [3.8, 4) is 5.75 Å². The normalized spacial score (nSPS) is 10.8. The van der Waals surface area contributed by atoms with E-state index in [2.05, 4.69) is 51.6 Å². The monoisotopic (exact) mass is 469 g/mol. The molecule has 0 amide bonds. The molecule has 0 saturated heterocycles. The van der Waals surface area contributed by atoms with Crippen LogP contribution in [0.3, 0.4) is 0 Å². The fraction of sp³-hybridized carbons (Fsp3) is 0.350. The van der Waals surface area contributed by atoms with E-state index in [4.69, 9.17) is 9.47 Å². The van der Waals surface area contributed by atoms with Gasteiger partial charge in [0.05, 0.1) is 13.7 Å². The number of hydrogen-bond acceptors (Lipinski definition) is 3. The predicted molar refractivity (Wildman–Crippen MR) is 117 cm³/mol. The fourth-order valence-corrected chi connectivity index (χ4v) is 2.64. The van der Waals surface area contributed by atoms with Crippen LogP contribution >= 0.6 is 24.0 Å². The summed E-state index contributed by atoms with van der Waals surface area (Å²) in [4.78, 5) is 6.47. The molecule has 0 bridgehead atoms. The summed E-state index contributed by atoms with van der Waals surface area (Å²) in [6.45, 7) is 2.12. The first-order chi connectivity index (χ1) is 12.2. The van der Waals surface area contributed by atoms with E-state index < -0.39 is 0 Å². The molecule has 0 heterocycles. The maximum absolute atomic E-state index is 5.20. The van der Waals surface area contributed by atoms with Gasteiger partial charge in [0, 0.05) is 34.3 Å². The van der Waals surface area contributed by atoms with Gasteiger partial charge >= 0.3 is 0 Å². The van der Waals surface area contributed by atoms with E-state index >= 15 is 0 Å². The van der Waals surface area contributed by atoms with Gasteiger partial charge in [0.1, 0.15) is 5.75 Å². The number of halogens is 1. The summed E-state index contributed by atoms with van der Waals surface area (Å²) in [5, 5.41) is 3.41. The summed E-state index contributed by atoms with van der Waals surface area (Å²) in [5.41, 5.74) is 3.57. The lowest BCUT2D eigenvalue weighted by molar-refractivity contribution is 0.185. The fourth-order valence-electron chi connectivity index (χ4n) is 2.64. The molecule has 0 saturated carbocycles. The second-order valence-electron chi connectivity index (χ2n) is 5.86. The SMILES string of the molecule is CN=C(NCc1cccc(COC)c1)N(C)Cc1ccc(OC)cc1.I. The average Bonchev–Trinajstić information content (AvgIpc) is 2.63. The molecule has 6 heteroatoms. The summed E-state index contributed by atoms with van der Waals surface area (Å²) < 4.78 is 10.4. The van der Waals surface area contributed by atoms with E-state index in [9.17, 15) is 0 Å². The molecule has 1 N–H and O–H groups in total. The van der Waals surface area contributed by atoms with Crippen molar-refractivity contribution < 1.29 is 9.47 Å². The second kappa shape index (κ2) is 11.7. The highest BCUT2D eigenvalue weighted by molar-refractivity contribution is 14.0. The first-order valence-electron chi connectivity index (χ1n) is 8.27. The third kappa shape index (κ3) is 6.84. The van der Waals surface area contributed by atoms with Crippen molar-refractivity contribution in [1.82, 2.24) is 10.2 Å². The van der Waals surface area contributed by atoms with Crippen LogP contribution in [0.5, 0.6) is 5.75 Å². The molecule has 0 unspecified atom stereocenters. The minimum Gasteiger partial charge on any atom is -0.497 e. The minimum atomic E-state index is 0. The molecule has 142 valence electrons. The Bertz CT molecular complexity index is 690. The number of benzene rings is 2. The van der Waals surface area contributed by atoms with Gasteiger partial charge < -0.3 is 19.7 Å². The zero-order chi connectivity index (χ0) is 18.1. The van der Waals surface area contributed by atoms with E-state index in [0.717, 1.165) is 24.8 Å². The summed E-state index contributed by atoms with van der Waals surface area (Å²) in [6.07, 6.45) is 0. The number of rotatable bonds is 7. The Labute approximate surface area is 173 Å². The third-order valence-corrected chi connectivity index (χ3v) is 3.91. The topological polar surface area (TPSA) is 46.1 Å². The maximum atomic E-state index is 5.20. The van der Waals surface area contributed by atoms with Crippen LogP contribution in [-0.4, -0.2) is 39.2 Å². The minimum absolute atomic E-state index is 0. The molecule has 0 radical (unpaired) electrons. The van der Waals surface area contributed by atoms with Crippen molar-refractivity contribution >= 4 is 29.9 Å². The van der Waals surface area contributed by atoms with Crippen LogP contribution < -0.4 is 10.1 Å². The van der Waals surface area contributed by atoms with E-state index in [0.29, 0.717) is 6.61 Å². The van der Waals surface area contributed by atoms with Gasteiger partial charge in [-0.25, -0.2) is 0 Å². The Morgan fingerprint density at radius 3 is 2.35 bits per heavy atom. The van der Waals surface area contributed by atoms with E-state index in [1.54, 1.807) is 21.3 Å². The van der Waals surface area contributed by atoms with Gasteiger partial charge in [0.2, 0.25) is 0 Å². The number of ether oxygens (including phenoxy) is 2. The Balaban J connectivity index is 0.00000338. The Kier molecular flexibility index (Phi) is 10.0. The molecule has 2 rings (SSSR count). The largest absolute Gasteiger partial charge is 0.497 e. The molecule has 0 atom stereocenters. The van der Waals surface area contributed by atoms with Crippen LogP contribution in [0, 0.1) is 0 Å². The van der Waals surface area contributed by atoms with Crippen molar-refractivity contribution in [2.24, 2.45) is 4.99 Å². The van der Waals surface area contributed by atoms with Crippen LogP contribution in [0.1, 0.15) is 16.7 Å². The van der Waals surface area contributed by atoms with Crippen LogP contribution in [0.2, 0.25) is 0 Å². The number of nitrogens with zero attached hydrogens (tertiary/aromatic N) is 2. The maximum Gasteiger partial charge on any atom is 0.193 e. The molecular weight excluding hydrogens is 441 g/mol. The molecule has 0 aliphatic heterocycles. The smallest absolute Gasteiger partial charge is 0.193 e. The average molecular weight is 469 g/mol. The molecule has 0 aromatic heterocycles. The molecule has 2 aromatic rings. The summed E-state index contributed by atoms with van der Waals surface area (Å²) in [7, 11) is 7.21. The zero-order valence-electron chi connectivity index (χ0n) is 15.9. The predicted octanol–water partition coefficient (Wildman–Crippen LogP) is 3.67. The van der Waals surface area contributed by atoms with E-state index in [1.165, 1.54) is 16.7 Å². The Morgan fingerprint density at radius 2 is 1.73 bits per heavy atom. The highest BCUT2D eigenvalue weighted by Crippen LogP contribution is 2.13. The molecule has 2 aromatic carbocycles. The Morgan fingerprint density at radius 1 is 1.04 bits per heavy atom. The van der Waals surface area contributed by atoms with Gasteiger partial charge in [-0.2, -0.15) is 0 Å². The van der Waals surface area contributed by atoms with Crippen molar-refractivity contribution in [1.29, 1.82) is 0 Å². The highest BCUT2D eigenvalue weighted by atomic mass is 127. The third-order valence-electron chi connectivity index (χ3n) is 3.91. The first-order valence-corrected chi connectivity index (χ1v) is 8.27. The number of nitrogens with one attached hydrogen (secondary N) is 1. The quantitative estimate of drug-likeness (QED) is 0.382. The molecule has 0 aliphatic rings. The van der Waals surface area contributed by atoms with E-state index in [-0.39, 0.29) is 24.0 Å². The lowest BCUT2D eigenvalue weighted by Crippen LogP contribution is -2.38. The molecule has 5 nitrogen and oxygen atoms in total. The summed E-state index contributed by atoms with van der Waals surface area (Å²) >= 11 is 0. The lowest BCUT2D eigenvalue weighted by Gasteiger charge is -2.22. The van der Waals surface area contributed by atoms with Crippen LogP contribution in [0.25, 0.3) is 0 Å². The van der Waals surface area contributed by atoms with Crippen LogP contribution in [-0.2, 0) is 24.4 Å². The van der Waals surface area contributed by atoms with Gasteiger partial charge in [-0.05, 0) is 28.8 Å². The van der Waals surface area contributed by atoms with Gasteiger partial charge in [-0.3, -0.25) is 4.99 Å². The van der Waals surface area contributed by atoms with Gasteiger partial charge in [0.25, 0.3) is 0 Å². The van der Waals surface area contributed by atoms with Gasteiger partial charge in [-0.1, -0.05) is 36.4 Å². The van der Waals surface area contributed by atoms with Crippen LogP contribution in [0.4, 0.5) is 0 Å². The second-order valence-corrected chi connectivity index (χ2v) is 5.86. The molecule has 0 fully saturated rings. The van der Waals surface area contributed by atoms with Crippen molar-refractivity contribution in [2.75, 3.05) is 28.3 Å². The zero-order valence-corrected chi connectivity index (χ0v) is 18.2. The number of methoxy groups -OCH3 is 2. The van der Waals surface area contributed by atoms with Crippen molar-refractivity contribution in [2.45, 2.75) is 19.7 Å². The first kappa shape index (κ1) is 22.2. The summed E-state index contributed by atoms with van der Waals surface area (Å²) in [6, 6.07) is 16.4. The number of guanidine groups is 1. The highest BCUT2D eigenvalue weighted by Gasteiger charge is 2.07.